The van der Waals surface area contributed by atoms with Crippen molar-refractivity contribution in [1.82, 2.24) is 10.2 Å². The highest BCUT2D eigenvalue weighted by molar-refractivity contribution is 14.1. The van der Waals surface area contributed by atoms with Gasteiger partial charge in [-0.3, -0.25) is 10.1 Å². The third-order valence-corrected chi connectivity index (χ3v) is 3.35. The van der Waals surface area contributed by atoms with Crippen molar-refractivity contribution >= 4 is 50.4 Å². The molecule has 5 nitrogen and oxygen atoms in total. The summed E-state index contributed by atoms with van der Waals surface area (Å²) in [6, 6.07) is 5.55. The molecule has 0 aliphatic heterocycles. The van der Waals surface area contributed by atoms with Gasteiger partial charge in [0.05, 0.1) is 5.56 Å². The maximum absolute atomic E-state index is 11.9. The lowest BCUT2D eigenvalue weighted by Crippen LogP contribution is -2.13. The number of nitrogens with one attached hydrogen (secondary N) is 1. The molecule has 0 fully saturated rings. The van der Waals surface area contributed by atoms with Crippen LogP contribution in [0.25, 0.3) is 0 Å². The molecule has 1 aromatic carbocycles. The summed E-state index contributed by atoms with van der Waals surface area (Å²) in [5.41, 5.74) is 0.552. The van der Waals surface area contributed by atoms with Gasteiger partial charge in [0.1, 0.15) is 0 Å². The van der Waals surface area contributed by atoms with Crippen LogP contribution < -0.4 is 5.32 Å². The van der Waals surface area contributed by atoms with Crippen molar-refractivity contribution in [1.29, 1.82) is 0 Å². The van der Waals surface area contributed by atoms with Gasteiger partial charge in [0, 0.05) is 15.0 Å². The molecule has 17 heavy (non-hydrogen) atoms. The van der Waals surface area contributed by atoms with Crippen LogP contribution in [0.1, 0.15) is 16.2 Å². The van der Waals surface area contributed by atoms with Gasteiger partial charge in [-0.05, 0) is 40.8 Å². The Labute approximate surface area is 119 Å². The lowest BCUT2D eigenvalue weighted by atomic mass is 10.2. The lowest BCUT2D eigenvalue weighted by Gasteiger charge is -2.03. The Morgan fingerprint density at radius 3 is 2.88 bits per heavy atom. The molecule has 0 saturated heterocycles. The first kappa shape index (κ1) is 12.5. The molecule has 0 atom stereocenters. The second-order valence-electron chi connectivity index (χ2n) is 3.20. The van der Waals surface area contributed by atoms with Crippen molar-refractivity contribution in [2.45, 2.75) is 6.92 Å². The summed E-state index contributed by atoms with van der Waals surface area (Å²) in [5.74, 6) is 0.128. The molecular weight excluding hydrogens is 401 g/mol. The van der Waals surface area contributed by atoms with E-state index in [1.54, 1.807) is 13.0 Å². The molecular formula is C10H7BrIN3O2. The number of aryl methyl sites for hydroxylation is 1. The zero-order chi connectivity index (χ0) is 12.4. The Balaban J connectivity index is 2.22. The van der Waals surface area contributed by atoms with E-state index < -0.39 is 0 Å². The summed E-state index contributed by atoms with van der Waals surface area (Å²) in [7, 11) is 0. The number of halogens is 2. The van der Waals surface area contributed by atoms with Gasteiger partial charge in [-0.2, -0.15) is 0 Å². The molecule has 0 radical (unpaired) electrons. The minimum absolute atomic E-state index is 0.100. The Bertz CT molecular complexity index is 570. The highest BCUT2D eigenvalue weighted by Gasteiger charge is 2.13. The van der Waals surface area contributed by atoms with Crippen molar-refractivity contribution in [3.8, 4) is 0 Å². The maximum atomic E-state index is 11.9. The minimum Gasteiger partial charge on any atom is -0.408 e. The van der Waals surface area contributed by atoms with Crippen molar-refractivity contribution in [2.24, 2.45) is 0 Å². The van der Waals surface area contributed by atoms with Gasteiger partial charge < -0.3 is 4.42 Å². The standard InChI is InChI=1S/C10H7BrIN3O2/c1-5-14-15-10(17-5)13-9(16)7-4-6(11)2-3-8(7)12/h2-4H,1H3,(H,13,15,16). The number of anilines is 1. The third-order valence-electron chi connectivity index (χ3n) is 1.92. The van der Waals surface area contributed by atoms with Gasteiger partial charge in [0.25, 0.3) is 5.91 Å². The van der Waals surface area contributed by atoms with E-state index in [1.165, 1.54) is 0 Å². The summed E-state index contributed by atoms with van der Waals surface area (Å²) in [6.07, 6.45) is 0. The van der Waals surface area contributed by atoms with Gasteiger partial charge in [0.2, 0.25) is 5.89 Å². The zero-order valence-electron chi connectivity index (χ0n) is 8.70. The fourth-order valence-electron chi connectivity index (χ4n) is 1.18. The Hall–Kier alpha value is -0.960. The minimum atomic E-state index is -0.278. The van der Waals surface area contributed by atoms with Crippen LogP contribution in [0.2, 0.25) is 0 Å². The Morgan fingerprint density at radius 2 is 2.24 bits per heavy atom. The van der Waals surface area contributed by atoms with E-state index in [0.29, 0.717) is 11.5 Å². The fourth-order valence-corrected chi connectivity index (χ4v) is 2.12. The van der Waals surface area contributed by atoms with Crippen LogP contribution >= 0.6 is 38.5 Å². The van der Waals surface area contributed by atoms with Gasteiger partial charge >= 0.3 is 6.01 Å². The van der Waals surface area contributed by atoms with E-state index in [4.69, 9.17) is 4.42 Å². The number of carbonyl (C=O) groups excluding carboxylic acids is 1. The van der Waals surface area contributed by atoms with Crippen molar-refractivity contribution in [3.63, 3.8) is 0 Å². The molecule has 0 aliphatic carbocycles. The molecule has 7 heteroatoms. The molecule has 0 aliphatic rings. The second-order valence-corrected chi connectivity index (χ2v) is 5.28. The number of hydrogen-bond acceptors (Lipinski definition) is 4. The van der Waals surface area contributed by atoms with E-state index in [1.807, 2.05) is 12.1 Å². The van der Waals surface area contributed by atoms with Crippen molar-refractivity contribution in [3.05, 3.63) is 37.7 Å². The molecule has 0 spiro atoms. The fraction of sp³-hybridized carbons (Fsp3) is 0.100. The van der Waals surface area contributed by atoms with E-state index in [0.717, 1.165) is 8.04 Å². The van der Waals surface area contributed by atoms with Crippen LogP contribution in [0, 0.1) is 10.5 Å². The number of hydrogen-bond donors (Lipinski definition) is 1. The van der Waals surface area contributed by atoms with Crippen molar-refractivity contribution < 1.29 is 9.21 Å². The molecule has 2 aromatic rings. The Morgan fingerprint density at radius 1 is 1.47 bits per heavy atom. The van der Waals surface area contributed by atoms with E-state index in [2.05, 4.69) is 54.0 Å². The molecule has 0 bridgehead atoms. The summed E-state index contributed by atoms with van der Waals surface area (Å²) in [6.45, 7) is 1.66. The van der Waals surface area contributed by atoms with Gasteiger partial charge in [-0.1, -0.05) is 21.0 Å². The number of benzene rings is 1. The maximum Gasteiger partial charge on any atom is 0.322 e. The molecule has 88 valence electrons. The average Bonchev–Trinajstić information content (AvgIpc) is 2.67. The SMILES string of the molecule is Cc1nnc(NC(=O)c2cc(Br)ccc2I)o1. The number of nitrogens with zero attached hydrogens (tertiary/aromatic N) is 2. The predicted molar refractivity (Wildman–Crippen MR) is 73.8 cm³/mol. The monoisotopic (exact) mass is 407 g/mol. The van der Waals surface area contributed by atoms with Crippen LogP contribution in [-0.4, -0.2) is 16.1 Å². The van der Waals surface area contributed by atoms with Crippen LogP contribution in [0.4, 0.5) is 6.01 Å². The third kappa shape index (κ3) is 3.03. The zero-order valence-corrected chi connectivity index (χ0v) is 12.4. The lowest BCUT2D eigenvalue weighted by molar-refractivity contribution is 0.102. The first-order valence-corrected chi connectivity index (χ1v) is 6.50. The van der Waals surface area contributed by atoms with E-state index >= 15 is 0 Å². The normalized spacial score (nSPS) is 10.3. The number of rotatable bonds is 2. The quantitative estimate of drug-likeness (QED) is 0.777. The number of aromatic nitrogens is 2. The molecule has 1 aromatic heterocycles. The molecule has 1 amide bonds. The predicted octanol–water partition coefficient (Wildman–Crippen LogP) is 3.00. The van der Waals surface area contributed by atoms with E-state index in [9.17, 15) is 4.79 Å². The highest BCUT2D eigenvalue weighted by atomic mass is 127. The molecule has 0 saturated carbocycles. The van der Waals surface area contributed by atoms with Crippen LogP contribution in [0.15, 0.2) is 27.1 Å². The van der Waals surface area contributed by atoms with Crippen LogP contribution in [0.5, 0.6) is 0 Å². The number of carbonyl (C=O) groups is 1. The van der Waals surface area contributed by atoms with Crippen molar-refractivity contribution in [2.75, 3.05) is 5.32 Å². The molecule has 0 unspecified atom stereocenters. The summed E-state index contributed by atoms with van der Waals surface area (Å²) in [5, 5.41) is 9.87. The van der Waals surface area contributed by atoms with Crippen LogP contribution in [-0.2, 0) is 0 Å². The highest BCUT2D eigenvalue weighted by Crippen LogP contribution is 2.19. The van der Waals surface area contributed by atoms with E-state index in [-0.39, 0.29) is 11.9 Å². The number of amides is 1. The van der Waals surface area contributed by atoms with Gasteiger partial charge in [0.15, 0.2) is 0 Å². The summed E-state index contributed by atoms with van der Waals surface area (Å²) in [4.78, 5) is 11.9. The first-order valence-electron chi connectivity index (χ1n) is 4.63. The molecule has 1 heterocycles. The Kier molecular flexibility index (Phi) is 3.77. The molecule has 2 rings (SSSR count). The van der Waals surface area contributed by atoms with Gasteiger partial charge in [-0.25, -0.2) is 0 Å². The second kappa shape index (κ2) is 5.13. The largest absolute Gasteiger partial charge is 0.408 e. The smallest absolute Gasteiger partial charge is 0.322 e. The van der Waals surface area contributed by atoms with Crippen LogP contribution in [0.3, 0.4) is 0 Å². The topological polar surface area (TPSA) is 68.0 Å². The summed E-state index contributed by atoms with van der Waals surface area (Å²) >= 11 is 5.41. The first-order chi connectivity index (χ1) is 8.06. The van der Waals surface area contributed by atoms with Gasteiger partial charge in [-0.15, -0.1) is 5.10 Å². The molecule has 1 N–H and O–H groups in total. The average molecular weight is 408 g/mol. The summed E-state index contributed by atoms with van der Waals surface area (Å²) < 4.78 is 6.76.